The SMILES string of the molecule is COc1ccc(C2(C(C)(C)N)CC2)c(NC(=O)OC(C)(C)C)c1. The molecule has 1 amide bonds. The van der Waals surface area contributed by atoms with E-state index < -0.39 is 11.7 Å². The zero-order valence-corrected chi connectivity index (χ0v) is 14.9. The number of carbonyl (C=O) groups is 1. The van der Waals surface area contributed by atoms with Crippen molar-refractivity contribution in [2.24, 2.45) is 5.73 Å². The highest BCUT2D eigenvalue weighted by atomic mass is 16.6. The quantitative estimate of drug-likeness (QED) is 0.884. The number of amides is 1. The molecule has 0 saturated heterocycles. The summed E-state index contributed by atoms with van der Waals surface area (Å²) in [5.74, 6) is 0.686. The van der Waals surface area contributed by atoms with Crippen molar-refractivity contribution in [2.45, 2.75) is 64.0 Å². The molecular weight excluding hydrogens is 292 g/mol. The smallest absolute Gasteiger partial charge is 0.412 e. The number of nitrogens with one attached hydrogen (secondary N) is 1. The Balaban J connectivity index is 2.36. The van der Waals surface area contributed by atoms with Crippen LogP contribution in [0.2, 0.25) is 0 Å². The van der Waals surface area contributed by atoms with E-state index in [1.54, 1.807) is 7.11 Å². The molecule has 0 bridgehead atoms. The summed E-state index contributed by atoms with van der Waals surface area (Å²) in [4.78, 5) is 12.2. The molecule has 2 rings (SSSR count). The lowest BCUT2D eigenvalue weighted by Gasteiger charge is -2.33. The summed E-state index contributed by atoms with van der Waals surface area (Å²) in [6, 6.07) is 5.72. The third-order valence-electron chi connectivity index (χ3n) is 4.36. The van der Waals surface area contributed by atoms with E-state index in [-0.39, 0.29) is 11.0 Å². The van der Waals surface area contributed by atoms with Crippen LogP contribution in [0.25, 0.3) is 0 Å². The van der Waals surface area contributed by atoms with Crippen LogP contribution in [-0.4, -0.2) is 24.3 Å². The third kappa shape index (κ3) is 3.78. The second-order valence-corrected chi connectivity index (χ2v) is 7.84. The van der Waals surface area contributed by atoms with Crippen molar-refractivity contribution in [2.75, 3.05) is 12.4 Å². The monoisotopic (exact) mass is 320 g/mol. The van der Waals surface area contributed by atoms with E-state index in [0.29, 0.717) is 11.4 Å². The summed E-state index contributed by atoms with van der Waals surface area (Å²) in [5.41, 5.74) is 7.11. The maximum Gasteiger partial charge on any atom is 0.412 e. The van der Waals surface area contributed by atoms with E-state index in [1.165, 1.54) is 0 Å². The Hall–Kier alpha value is -1.75. The van der Waals surface area contributed by atoms with E-state index >= 15 is 0 Å². The van der Waals surface area contributed by atoms with Gasteiger partial charge in [0, 0.05) is 17.0 Å². The lowest BCUT2D eigenvalue weighted by atomic mass is 9.78. The Kier molecular flexibility index (Phi) is 4.37. The number of benzene rings is 1. The van der Waals surface area contributed by atoms with E-state index in [1.807, 2.05) is 52.8 Å². The van der Waals surface area contributed by atoms with Gasteiger partial charge < -0.3 is 15.2 Å². The summed E-state index contributed by atoms with van der Waals surface area (Å²) in [5, 5.41) is 2.86. The first-order valence-corrected chi connectivity index (χ1v) is 7.96. The molecule has 128 valence electrons. The lowest BCUT2D eigenvalue weighted by Crippen LogP contribution is -2.45. The topological polar surface area (TPSA) is 73.6 Å². The summed E-state index contributed by atoms with van der Waals surface area (Å²) < 4.78 is 10.7. The molecule has 1 aliphatic carbocycles. The van der Waals surface area contributed by atoms with E-state index in [9.17, 15) is 4.79 Å². The van der Waals surface area contributed by atoms with Gasteiger partial charge >= 0.3 is 6.09 Å². The molecular formula is C18H28N2O3. The van der Waals surface area contributed by atoms with E-state index in [0.717, 1.165) is 18.4 Å². The van der Waals surface area contributed by atoms with Crippen molar-refractivity contribution in [3.8, 4) is 5.75 Å². The molecule has 1 aromatic rings. The lowest BCUT2D eigenvalue weighted by molar-refractivity contribution is 0.0635. The fourth-order valence-electron chi connectivity index (χ4n) is 2.97. The minimum Gasteiger partial charge on any atom is -0.497 e. The molecule has 5 nitrogen and oxygen atoms in total. The fraction of sp³-hybridized carbons (Fsp3) is 0.611. The van der Waals surface area contributed by atoms with Gasteiger partial charge in [-0.15, -0.1) is 0 Å². The average Bonchev–Trinajstić information content (AvgIpc) is 3.17. The molecule has 1 fully saturated rings. The van der Waals surface area contributed by atoms with Gasteiger partial charge in [0.2, 0.25) is 0 Å². The fourth-order valence-corrected chi connectivity index (χ4v) is 2.97. The number of hydrogen-bond donors (Lipinski definition) is 2. The van der Waals surface area contributed by atoms with Crippen molar-refractivity contribution in [3.63, 3.8) is 0 Å². The molecule has 23 heavy (non-hydrogen) atoms. The van der Waals surface area contributed by atoms with Crippen LogP contribution >= 0.6 is 0 Å². The first kappa shape index (κ1) is 17.6. The molecule has 0 heterocycles. The van der Waals surface area contributed by atoms with Crippen LogP contribution in [0.15, 0.2) is 18.2 Å². The number of rotatable bonds is 4. The van der Waals surface area contributed by atoms with Crippen LogP contribution in [0.5, 0.6) is 5.75 Å². The number of ether oxygens (including phenoxy) is 2. The summed E-state index contributed by atoms with van der Waals surface area (Å²) in [6.07, 6.45) is 1.54. The van der Waals surface area contributed by atoms with Crippen molar-refractivity contribution in [1.82, 2.24) is 0 Å². The molecule has 0 aliphatic heterocycles. The molecule has 3 N–H and O–H groups in total. The zero-order valence-electron chi connectivity index (χ0n) is 14.9. The molecule has 0 atom stereocenters. The van der Waals surface area contributed by atoms with Gasteiger partial charge in [0.15, 0.2) is 0 Å². The zero-order chi connectivity index (χ0) is 17.5. The number of anilines is 1. The Morgan fingerprint density at radius 1 is 1.22 bits per heavy atom. The molecule has 1 aromatic carbocycles. The Labute approximate surface area is 138 Å². The Morgan fingerprint density at radius 2 is 1.83 bits per heavy atom. The van der Waals surface area contributed by atoms with Crippen LogP contribution in [0, 0.1) is 0 Å². The second-order valence-electron chi connectivity index (χ2n) is 7.84. The normalized spacial score (nSPS) is 16.7. The predicted octanol–water partition coefficient (Wildman–Crippen LogP) is 3.81. The standard InChI is InChI=1S/C18H28N2O3/c1-16(2,3)23-15(21)20-14-11-12(22-6)7-8-13(14)18(9-10-18)17(4,5)19/h7-8,11H,9-10,19H2,1-6H3,(H,20,21). The summed E-state index contributed by atoms with van der Waals surface area (Å²) in [7, 11) is 1.60. The number of carbonyl (C=O) groups excluding carboxylic acids is 1. The summed E-state index contributed by atoms with van der Waals surface area (Å²) in [6.45, 7) is 9.57. The van der Waals surface area contributed by atoms with Gasteiger partial charge in [-0.1, -0.05) is 6.07 Å². The first-order valence-electron chi connectivity index (χ1n) is 7.96. The van der Waals surface area contributed by atoms with E-state index in [2.05, 4.69) is 5.32 Å². The molecule has 0 spiro atoms. The molecule has 0 aromatic heterocycles. The van der Waals surface area contributed by atoms with E-state index in [4.69, 9.17) is 15.2 Å². The number of methoxy groups -OCH3 is 1. The van der Waals surface area contributed by atoms with Crippen LogP contribution in [0.4, 0.5) is 10.5 Å². The molecule has 5 heteroatoms. The van der Waals surface area contributed by atoms with Gasteiger partial charge in [0.25, 0.3) is 0 Å². The van der Waals surface area contributed by atoms with Gasteiger partial charge in [-0.05, 0) is 59.1 Å². The highest BCUT2D eigenvalue weighted by molar-refractivity contribution is 5.87. The molecule has 1 aliphatic rings. The number of nitrogens with two attached hydrogens (primary N) is 1. The van der Waals surface area contributed by atoms with Crippen molar-refractivity contribution < 1.29 is 14.3 Å². The van der Waals surface area contributed by atoms with Gasteiger partial charge in [-0.25, -0.2) is 4.79 Å². The second kappa shape index (κ2) is 5.71. The van der Waals surface area contributed by atoms with Gasteiger partial charge in [-0.3, -0.25) is 5.32 Å². The minimum atomic E-state index is -0.548. The maximum atomic E-state index is 12.2. The first-order chi connectivity index (χ1) is 10.5. The van der Waals surface area contributed by atoms with Crippen molar-refractivity contribution >= 4 is 11.8 Å². The highest BCUT2D eigenvalue weighted by Gasteiger charge is 2.54. The van der Waals surface area contributed by atoms with Crippen LogP contribution in [0.3, 0.4) is 0 Å². The highest BCUT2D eigenvalue weighted by Crippen LogP contribution is 2.57. The van der Waals surface area contributed by atoms with Crippen LogP contribution < -0.4 is 15.8 Å². The van der Waals surface area contributed by atoms with Crippen molar-refractivity contribution in [3.05, 3.63) is 23.8 Å². The van der Waals surface area contributed by atoms with Crippen LogP contribution in [-0.2, 0) is 10.2 Å². The third-order valence-corrected chi connectivity index (χ3v) is 4.36. The largest absolute Gasteiger partial charge is 0.497 e. The average molecular weight is 320 g/mol. The molecule has 1 saturated carbocycles. The minimum absolute atomic E-state index is 0.121. The van der Waals surface area contributed by atoms with Gasteiger partial charge in [0.1, 0.15) is 11.4 Å². The van der Waals surface area contributed by atoms with Crippen molar-refractivity contribution in [1.29, 1.82) is 0 Å². The number of hydrogen-bond acceptors (Lipinski definition) is 4. The summed E-state index contributed by atoms with van der Waals surface area (Å²) >= 11 is 0. The molecule has 0 radical (unpaired) electrons. The molecule has 0 unspecified atom stereocenters. The van der Waals surface area contributed by atoms with Gasteiger partial charge in [-0.2, -0.15) is 0 Å². The maximum absolute atomic E-state index is 12.2. The van der Waals surface area contributed by atoms with Gasteiger partial charge in [0.05, 0.1) is 12.8 Å². The predicted molar refractivity (Wildman–Crippen MR) is 92.0 cm³/mol. The Bertz CT molecular complexity index is 593. The van der Waals surface area contributed by atoms with Crippen LogP contribution in [0.1, 0.15) is 53.0 Å². The Morgan fingerprint density at radius 3 is 2.26 bits per heavy atom.